The number of hydrogen-bond donors (Lipinski definition) is 1. The number of aromatic hydroxyl groups is 1. The Morgan fingerprint density at radius 2 is 1.86 bits per heavy atom. The predicted molar refractivity (Wildman–Crippen MR) is 84.7 cm³/mol. The van der Waals surface area contributed by atoms with Crippen LogP contribution in [0.1, 0.15) is 49.8 Å². The van der Waals surface area contributed by atoms with E-state index in [4.69, 9.17) is 4.74 Å². The molecule has 0 radical (unpaired) electrons. The van der Waals surface area contributed by atoms with Crippen LogP contribution < -0.4 is 4.74 Å². The summed E-state index contributed by atoms with van der Waals surface area (Å²) in [5, 5.41) is 9.48. The van der Waals surface area contributed by atoms with Gasteiger partial charge in [-0.1, -0.05) is 32.4 Å². The molecule has 2 nitrogen and oxygen atoms in total. The molecule has 3 heteroatoms. The number of halogens is 1. The Bertz CT molecular complexity index is 651. The van der Waals surface area contributed by atoms with Gasteiger partial charge in [-0.05, 0) is 48.2 Å². The van der Waals surface area contributed by atoms with Crippen molar-refractivity contribution in [2.24, 2.45) is 5.92 Å². The largest absolute Gasteiger partial charge is 0.508 e. The maximum Gasteiger partial charge on any atom is 0.127 e. The van der Waals surface area contributed by atoms with Crippen LogP contribution in [0.3, 0.4) is 0 Å². The Morgan fingerprint density at radius 3 is 2.55 bits per heavy atom. The first kappa shape index (κ1) is 14.9. The van der Waals surface area contributed by atoms with Gasteiger partial charge >= 0.3 is 0 Å². The maximum absolute atomic E-state index is 13.6. The fraction of sp³-hybridized carbons (Fsp3) is 0.368. The Balaban J connectivity index is 2.01. The minimum absolute atomic E-state index is 0.0616. The number of phenolic OH excluding ortho intramolecular Hbond substituents is 1. The van der Waals surface area contributed by atoms with E-state index in [0.29, 0.717) is 5.92 Å². The standard InChI is InChI=1S/C19H21FO2/c1-3-4-16-12(2)17-11-14(20)7-10-18(17)22-19(16)13-5-8-15(21)9-6-13/h5-12,16,19,21H,3-4H2,1-2H3/t12-,16+,19+/m0/s1. The highest BCUT2D eigenvalue weighted by molar-refractivity contribution is 5.41. The lowest BCUT2D eigenvalue weighted by molar-refractivity contribution is 0.0891. The van der Waals surface area contributed by atoms with Crippen LogP contribution in [0.2, 0.25) is 0 Å². The Hall–Kier alpha value is -2.03. The lowest BCUT2D eigenvalue weighted by Crippen LogP contribution is -2.28. The zero-order valence-corrected chi connectivity index (χ0v) is 12.9. The van der Waals surface area contributed by atoms with Crippen molar-refractivity contribution in [1.82, 2.24) is 0 Å². The smallest absolute Gasteiger partial charge is 0.127 e. The Morgan fingerprint density at radius 1 is 1.14 bits per heavy atom. The first-order valence-corrected chi connectivity index (χ1v) is 7.85. The van der Waals surface area contributed by atoms with Crippen molar-refractivity contribution in [3.8, 4) is 11.5 Å². The van der Waals surface area contributed by atoms with Gasteiger partial charge < -0.3 is 9.84 Å². The van der Waals surface area contributed by atoms with Gasteiger partial charge in [-0.3, -0.25) is 0 Å². The van der Waals surface area contributed by atoms with Gasteiger partial charge in [-0.15, -0.1) is 0 Å². The van der Waals surface area contributed by atoms with Crippen LogP contribution >= 0.6 is 0 Å². The van der Waals surface area contributed by atoms with E-state index in [1.54, 1.807) is 24.3 Å². The maximum atomic E-state index is 13.6. The van der Waals surface area contributed by atoms with Crippen molar-refractivity contribution in [2.45, 2.75) is 38.7 Å². The first-order chi connectivity index (χ1) is 10.6. The molecule has 0 unspecified atom stereocenters. The Labute approximate surface area is 130 Å². The molecule has 1 aliphatic rings. The summed E-state index contributed by atoms with van der Waals surface area (Å²) in [5.74, 6) is 1.33. The summed E-state index contributed by atoms with van der Waals surface area (Å²) >= 11 is 0. The molecule has 2 aromatic carbocycles. The van der Waals surface area contributed by atoms with E-state index < -0.39 is 0 Å². The summed E-state index contributed by atoms with van der Waals surface area (Å²) in [4.78, 5) is 0. The molecule has 1 N–H and O–H groups in total. The van der Waals surface area contributed by atoms with Crippen molar-refractivity contribution >= 4 is 0 Å². The highest BCUT2D eigenvalue weighted by atomic mass is 19.1. The van der Waals surface area contributed by atoms with E-state index in [2.05, 4.69) is 13.8 Å². The molecule has 22 heavy (non-hydrogen) atoms. The number of benzene rings is 2. The van der Waals surface area contributed by atoms with Crippen LogP contribution in [0.4, 0.5) is 4.39 Å². The fourth-order valence-corrected chi connectivity index (χ4v) is 3.41. The molecule has 3 atom stereocenters. The molecule has 1 aliphatic heterocycles. The molecule has 0 amide bonds. The van der Waals surface area contributed by atoms with Gasteiger partial charge in [0, 0.05) is 11.5 Å². The molecule has 3 rings (SSSR count). The third-order valence-electron chi connectivity index (χ3n) is 4.59. The number of fused-ring (bicyclic) bond motifs is 1. The van der Waals surface area contributed by atoms with Crippen LogP contribution in [-0.4, -0.2) is 5.11 Å². The van der Waals surface area contributed by atoms with Crippen LogP contribution in [-0.2, 0) is 0 Å². The summed E-state index contributed by atoms with van der Waals surface area (Å²) in [7, 11) is 0. The normalized spacial score (nSPS) is 23.7. The van der Waals surface area contributed by atoms with Crippen molar-refractivity contribution in [2.75, 3.05) is 0 Å². The van der Waals surface area contributed by atoms with Crippen LogP contribution in [0, 0.1) is 11.7 Å². The van der Waals surface area contributed by atoms with Crippen molar-refractivity contribution in [3.63, 3.8) is 0 Å². The minimum atomic E-state index is -0.215. The molecule has 0 aliphatic carbocycles. The quantitative estimate of drug-likeness (QED) is 0.845. The lowest BCUT2D eigenvalue weighted by atomic mass is 9.76. The van der Waals surface area contributed by atoms with Gasteiger partial charge in [0.2, 0.25) is 0 Å². The first-order valence-electron chi connectivity index (χ1n) is 7.85. The summed E-state index contributed by atoms with van der Waals surface area (Å²) in [6.45, 7) is 4.30. The highest BCUT2D eigenvalue weighted by Crippen LogP contribution is 2.48. The van der Waals surface area contributed by atoms with E-state index in [1.807, 2.05) is 12.1 Å². The van der Waals surface area contributed by atoms with Gasteiger partial charge in [0.05, 0.1) is 0 Å². The molecule has 0 aromatic heterocycles. The molecule has 1 heterocycles. The van der Waals surface area contributed by atoms with E-state index in [0.717, 1.165) is 29.7 Å². The number of rotatable bonds is 3. The third-order valence-corrected chi connectivity index (χ3v) is 4.59. The summed E-state index contributed by atoms with van der Waals surface area (Å²) < 4.78 is 19.8. The number of phenols is 1. The Kier molecular flexibility index (Phi) is 4.06. The van der Waals surface area contributed by atoms with Crippen molar-refractivity contribution < 1.29 is 14.2 Å². The summed E-state index contributed by atoms with van der Waals surface area (Å²) in [6.07, 6.45) is 2.01. The average Bonchev–Trinajstić information content (AvgIpc) is 2.51. The van der Waals surface area contributed by atoms with Gasteiger partial charge in [0.15, 0.2) is 0 Å². The molecule has 0 spiro atoms. The highest BCUT2D eigenvalue weighted by Gasteiger charge is 2.36. The summed E-state index contributed by atoms with van der Waals surface area (Å²) in [5.41, 5.74) is 2.01. The molecule has 0 fully saturated rings. The third kappa shape index (κ3) is 2.68. The second-order valence-corrected chi connectivity index (χ2v) is 6.05. The summed E-state index contributed by atoms with van der Waals surface area (Å²) in [6, 6.07) is 11.9. The van der Waals surface area contributed by atoms with Crippen LogP contribution in [0.5, 0.6) is 11.5 Å². The van der Waals surface area contributed by atoms with Gasteiger partial charge in [-0.2, -0.15) is 0 Å². The average molecular weight is 300 g/mol. The topological polar surface area (TPSA) is 29.5 Å². The molecule has 2 aromatic rings. The predicted octanol–water partition coefficient (Wildman–Crippen LogP) is 5.18. The number of hydrogen-bond acceptors (Lipinski definition) is 2. The monoisotopic (exact) mass is 300 g/mol. The molecular formula is C19H21FO2. The van der Waals surface area contributed by atoms with Crippen LogP contribution in [0.25, 0.3) is 0 Å². The van der Waals surface area contributed by atoms with Gasteiger partial charge in [0.25, 0.3) is 0 Å². The van der Waals surface area contributed by atoms with Gasteiger partial charge in [-0.25, -0.2) is 4.39 Å². The molecule has 0 bridgehead atoms. The lowest BCUT2D eigenvalue weighted by Gasteiger charge is -2.38. The molecule has 0 saturated heterocycles. The zero-order chi connectivity index (χ0) is 15.7. The van der Waals surface area contributed by atoms with Gasteiger partial charge in [0.1, 0.15) is 23.4 Å². The minimum Gasteiger partial charge on any atom is -0.508 e. The second-order valence-electron chi connectivity index (χ2n) is 6.05. The van der Waals surface area contributed by atoms with E-state index >= 15 is 0 Å². The zero-order valence-electron chi connectivity index (χ0n) is 12.9. The van der Waals surface area contributed by atoms with Crippen molar-refractivity contribution in [1.29, 1.82) is 0 Å². The van der Waals surface area contributed by atoms with Crippen LogP contribution in [0.15, 0.2) is 42.5 Å². The molecule has 116 valence electrons. The van der Waals surface area contributed by atoms with E-state index in [1.165, 1.54) is 6.07 Å². The molecule has 0 saturated carbocycles. The van der Waals surface area contributed by atoms with Crippen molar-refractivity contribution in [3.05, 3.63) is 59.4 Å². The fourth-order valence-electron chi connectivity index (χ4n) is 3.41. The van der Waals surface area contributed by atoms with E-state index in [-0.39, 0.29) is 23.6 Å². The van der Waals surface area contributed by atoms with E-state index in [9.17, 15) is 9.50 Å². The SMILES string of the molecule is CCC[C@@H]1[C@H](C)c2cc(F)ccc2O[C@@H]1c1ccc(O)cc1. The second kappa shape index (κ2) is 5.99. The molecular weight excluding hydrogens is 279 g/mol. The number of ether oxygens (including phenoxy) is 1.